The van der Waals surface area contributed by atoms with Crippen molar-refractivity contribution in [1.82, 2.24) is 9.97 Å². The van der Waals surface area contributed by atoms with Gasteiger partial charge in [0.1, 0.15) is 18.0 Å². The summed E-state index contributed by atoms with van der Waals surface area (Å²) < 4.78 is 0. The van der Waals surface area contributed by atoms with Crippen molar-refractivity contribution in [2.45, 2.75) is 0 Å². The van der Waals surface area contributed by atoms with Crippen LogP contribution < -0.4 is 14.7 Å². The third-order valence-corrected chi connectivity index (χ3v) is 4.85. The Morgan fingerprint density at radius 2 is 1.38 bits per heavy atom. The fourth-order valence-corrected chi connectivity index (χ4v) is 3.31. The Balaban J connectivity index is 1.46. The van der Waals surface area contributed by atoms with E-state index in [0.717, 1.165) is 43.5 Å². The summed E-state index contributed by atoms with van der Waals surface area (Å²) in [6.07, 6.45) is 1.66. The van der Waals surface area contributed by atoms with Gasteiger partial charge in [0.25, 0.3) is 0 Å². The Hall–Kier alpha value is -3.08. The normalized spacial score (nSPS) is 14.3. The molecule has 0 aliphatic carbocycles. The molecule has 0 atom stereocenters. The van der Waals surface area contributed by atoms with Gasteiger partial charge in [0.15, 0.2) is 0 Å². The maximum atomic E-state index is 4.51. The summed E-state index contributed by atoms with van der Waals surface area (Å²) in [6.45, 7) is 3.91. The second-order valence-electron chi connectivity index (χ2n) is 6.44. The molecule has 1 aliphatic rings. The highest BCUT2D eigenvalue weighted by Gasteiger charge is 2.19. The molecule has 0 saturated carbocycles. The Morgan fingerprint density at radius 1 is 0.769 bits per heavy atom. The van der Waals surface area contributed by atoms with Crippen molar-refractivity contribution in [2.24, 2.45) is 0 Å². The molecular weight excluding hydrogens is 322 g/mol. The van der Waals surface area contributed by atoms with Crippen LogP contribution >= 0.6 is 0 Å². The highest BCUT2D eigenvalue weighted by atomic mass is 15.3. The molecule has 0 N–H and O–H groups in total. The molecule has 5 nitrogen and oxygen atoms in total. The number of para-hydroxylation sites is 2. The maximum absolute atomic E-state index is 4.51. The molecule has 3 aromatic rings. The first-order chi connectivity index (χ1) is 12.8. The summed E-state index contributed by atoms with van der Waals surface area (Å²) in [4.78, 5) is 15.8. The molecular formula is C21H23N5. The number of anilines is 4. The molecule has 26 heavy (non-hydrogen) atoms. The Kier molecular flexibility index (Phi) is 4.69. The molecule has 0 amide bonds. The minimum Gasteiger partial charge on any atom is -0.368 e. The number of hydrogen-bond donors (Lipinski definition) is 0. The highest BCUT2D eigenvalue weighted by molar-refractivity contribution is 5.62. The quantitative estimate of drug-likeness (QED) is 0.722. The maximum Gasteiger partial charge on any atom is 0.138 e. The smallest absolute Gasteiger partial charge is 0.138 e. The first-order valence-corrected chi connectivity index (χ1v) is 8.97. The number of hydrogen-bond acceptors (Lipinski definition) is 5. The van der Waals surface area contributed by atoms with Crippen molar-refractivity contribution in [2.75, 3.05) is 47.9 Å². The zero-order valence-electron chi connectivity index (χ0n) is 15.0. The van der Waals surface area contributed by atoms with Crippen LogP contribution in [0.15, 0.2) is 73.1 Å². The monoisotopic (exact) mass is 345 g/mol. The molecule has 2 aromatic carbocycles. The van der Waals surface area contributed by atoms with E-state index in [2.05, 4.69) is 73.2 Å². The van der Waals surface area contributed by atoms with Gasteiger partial charge in [-0.25, -0.2) is 9.97 Å². The molecule has 1 saturated heterocycles. The molecule has 0 radical (unpaired) electrons. The lowest BCUT2D eigenvalue weighted by Crippen LogP contribution is -2.46. The number of nitrogens with zero attached hydrogens (tertiary/aromatic N) is 5. The van der Waals surface area contributed by atoms with E-state index in [9.17, 15) is 0 Å². The van der Waals surface area contributed by atoms with Crippen LogP contribution in [-0.4, -0.2) is 43.2 Å². The largest absolute Gasteiger partial charge is 0.368 e. The van der Waals surface area contributed by atoms with Crippen LogP contribution in [0.2, 0.25) is 0 Å². The lowest BCUT2D eigenvalue weighted by Gasteiger charge is -2.36. The molecule has 132 valence electrons. The summed E-state index contributed by atoms with van der Waals surface area (Å²) in [5.41, 5.74) is 2.41. The Labute approximate surface area is 154 Å². The molecule has 1 fully saturated rings. The van der Waals surface area contributed by atoms with Crippen LogP contribution in [0.1, 0.15) is 0 Å². The minimum absolute atomic E-state index is 0.909. The zero-order valence-corrected chi connectivity index (χ0v) is 15.0. The van der Waals surface area contributed by atoms with Gasteiger partial charge in [-0.2, -0.15) is 0 Å². The van der Waals surface area contributed by atoms with Gasteiger partial charge in [0.2, 0.25) is 0 Å². The van der Waals surface area contributed by atoms with Gasteiger partial charge in [-0.3, -0.25) is 0 Å². The van der Waals surface area contributed by atoms with Crippen LogP contribution in [0.5, 0.6) is 0 Å². The standard InChI is InChI=1S/C21H23N5/c1-24(18-8-4-2-5-9-18)20-16-21(23-17-22-20)26-14-12-25(13-15-26)19-10-6-3-7-11-19/h2-11,16-17H,12-15H2,1H3. The number of aromatic nitrogens is 2. The molecule has 2 heterocycles. The fourth-order valence-electron chi connectivity index (χ4n) is 3.31. The number of piperazine rings is 1. The van der Waals surface area contributed by atoms with Crippen LogP contribution in [0.25, 0.3) is 0 Å². The van der Waals surface area contributed by atoms with Crippen molar-refractivity contribution in [1.29, 1.82) is 0 Å². The minimum atomic E-state index is 0.909. The lowest BCUT2D eigenvalue weighted by molar-refractivity contribution is 0.647. The van der Waals surface area contributed by atoms with Crippen molar-refractivity contribution in [3.8, 4) is 0 Å². The summed E-state index contributed by atoms with van der Waals surface area (Å²) >= 11 is 0. The van der Waals surface area contributed by atoms with E-state index in [1.165, 1.54) is 5.69 Å². The Bertz CT molecular complexity index is 829. The van der Waals surface area contributed by atoms with Crippen molar-refractivity contribution in [3.63, 3.8) is 0 Å². The summed E-state index contributed by atoms with van der Waals surface area (Å²) in [7, 11) is 2.04. The van der Waals surface area contributed by atoms with Crippen LogP contribution in [0.4, 0.5) is 23.0 Å². The Morgan fingerprint density at radius 3 is 2.08 bits per heavy atom. The average molecular weight is 345 g/mol. The molecule has 0 spiro atoms. The molecule has 0 unspecified atom stereocenters. The molecule has 1 aliphatic heterocycles. The fraction of sp³-hybridized carbons (Fsp3) is 0.238. The van der Waals surface area contributed by atoms with Gasteiger partial charge in [0, 0.05) is 50.7 Å². The molecule has 1 aromatic heterocycles. The van der Waals surface area contributed by atoms with E-state index >= 15 is 0 Å². The third-order valence-electron chi connectivity index (χ3n) is 4.85. The topological polar surface area (TPSA) is 35.5 Å². The second-order valence-corrected chi connectivity index (χ2v) is 6.44. The van der Waals surface area contributed by atoms with Crippen LogP contribution in [-0.2, 0) is 0 Å². The number of benzene rings is 2. The first kappa shape index (κ1) is 16.4. The third kappa shape index (κ3) is 3.47. The molecule has 0 bridgehead atoms. The summed E-state index contributed by atoms with van der Waals surface area (Å²) in [5.74, 6) is 1.90. The predicted molar refractivity (Wildman–Crippen MR) is 107 cm³/mol. The van der Waals surface area contributed by atoms with Crippen molar-refractivity contribution in [3.05, 3.63) is 73.1 Å². The van der Waals surface area contributed by atoms with Crippen molar-refractivity contribution >= 4 is 23.0 Å². The van der Waals surface area contributed by atoms with Gasteiger partial charge in [-0.1, -0.05) is 36.4 Å². The summed E-state index contributed by atoms with van der Waals surface area (Å²) in [6, 6.07) is 22.9. The van der Waals surface area contributed by atoms with Gasteiger partial charge in [-0.05, 0) is 24.3 Å². The highest BCUT2D eigenvalue weighted by Crippen LogP contribution is 2.25. The molecule has 5 heteroatoms. The predicted octanol–water partition coefficient (Wildman–Crippen LogP) is 3.57. The van der Waals surface area contributed by atoms with E-state index < -0.39 is 0 Å². The lowest BCUT2D eigenvalue weighted by atomic mass is 10.2. The zero-order chi connectivity index (χ0) is 17.8. The number of rotatable bonds is 4. The van der Waals surface area contributed by atoms with E-state index in [1.807, 2.05) is 25.2 Å². The van der Waals surface area contributed by atoms with E-state index in [0.29, 0.717) is 0 Å². The van der Waals surface area contributed by atoms with Crippen LogP contribution in [0.3, 0.4) is 0 Å². The summed E-state index contributed by atoms with van der Waals surface area (Å²) in [5, 5.41) is 0. The molecule has 4 rings (SSSR count). The second kappa shape index (κ2) is 7.44. The van der Waals surface area contributed by atoms with Gasteiger partial charge < -0.3 is 14.7 Å². The first-order valence-electron chi connectivity index (χ1n) is 8.97. The average Bonchev–Trinajstić information content (AvgIpc) is 2.75. The van der Waals surface area contributed by atoms with Crippen LogP contribution in [0, 0.1) is 0 Å². The van der Waals surface area contributed by atoms with E-state index in [4.69, 9.17) is 0 Å². The SMILES string of the molecule is CN(c1ccccc1)c1cc(N2CCN(c3ccccc3)CC2)ncn1. The van der Waals surface area contributed by atoms with Gasteiger partial charge >= 0.3 is 0 Å². The van der Waals surface area contributed by atoms with Crippen molar-refractivity contribution < 1.29 is 0 Å². The van der Waals surface area contributed by atoms with Gasteiger partial charge in [0.05, 0.1) is 0 Å². The van der Waals surface area contributed by atoms with Gasteiger partial charge in [-0.15, -0.1) is 0 Å². The van der Waals surface area contributed by atoms with E-state index in [-0.39, 0.29) is 0 Å². The van der Waals surface area contributed by atoms with E-state index in [1.54, 1.807) is 6.33 Å².